The SMILES string of the molecule is CC1(CNC(=O)c2ccn(-c3ccc(N)cc3)n2)CC1. The van der Waals surface area contributed by atoms with Gasteiger partial charge in [0.25, 0.3) is 5.91 Å². The predicted molar refractivity (Wildman–Crippen MR) is 77.7 cm³/mol. The van der Waals surface area contributed by atoms with Gasteiger partial charge in [0, 0.05) is 18.4 Å². The van der Waals surface area contributed by atoms with E-state index in [1.165, 1.54) is 12.8 Å². The maximum Gasteiger partial charge on any atom is 0.271 e. The third-order valence-corrected chi connectivity index (χ3v) is 3.76. The van der Waals surface area contributed by atoms with Crippen LogP contribution in [-0.2, 0) is 0 Å². The molecule has 1 aromatic heterocycles. The molecule has 104 valence electrons. The van der Waals surface area contributed by atoms with Crippen molar-refractivity contribution in [3.8, 4) is 5.69 Å². The van der Waals surface area contributed by atoms with Crippen LogP contribution >= 0.6 is 0 Å². The molecule has 0 radical (unpaired) electrons. The van der Waals surface area contributed by atoms with Crippen molar-refractivity contribution in [3.63, 3.8) is 0 Å². The molecule has 20 heavy (non-hydrogen) atoms. The lowest BCUT2D eigenvalue weighted by molar-refractivity contribution is 0.0940. The normalized spacial score (nSPS) is 15.8. The number of carbonyl (C=O) groups is 1. The number of nitrogen functional groups attached to an aromatic ring is 1. The van der Waals surface area contributed by atoms with Crippen molar-refractivity contribution < 1.29 is 4.79 Å². The van der Waals surface area contributed by atoms with E-state index in [0.717, 1.165) is 12.2 Å². The molecular weight excluding hydrogens is 252 g/mol. The number of hydrogen-bond donors (Lipinski definition) is 2. The van der Waals surface area contributed by atoms with Crippen LogP contribution in [0.1, 0.15) is 30.3 Å². The monoisotopic (exact) mass is 270 g/mol. The van der Waals surface area contributed by atoms with Gasteiger partial charge in [-0.25, -0.2) is 4.68 Å². The first kappa shape index (κ1) is 12.7. The molecule has 0 aliphatic heterocycles. The molecule has 0 saturated heterocycles. The lowest BCUT2D eigenvalue weighted by Crippen LogP contribution is -2.29. The first-order chi connectivity index (χ1) is 9.56. The molecule has 0 spiro atoms. The zero-order valence-corrected chi connectivity index (χ0v) is 11.5. The van der Waals surface area contributed by atoms with Crippen molar-refractivity contribution in [2.24, 2.45) is 5.41 Å². The van der Waals surface area contributed by atoms with E-state index in [9.17, 15) is 4.79 Å². The summed E-state index contributed by atoms with van der Waals surface area (Å²) in [5.41, 5.74) is 7.97. The van der Waals surface area contributed by atoms with E-state index in [1.807, 2.05) is 24.3 Å². The summed E-state index contributed by atoms with van der Waals surface area (Å²) in [5.74, 6) is -0.118. The van der Waals surface area contributed by atoms with Crippen LogP contribution in [0.25, 0.3) is 5.69 Å². The van der Waals surface area contributed by atoms with Gasteiger partial charge < -0.3 is 11.1 Å². The quantitative estimate of drug-likeness (QED) is 0.834. The molecule has 0 unspecified atom stereocenters. The Balaban J connectivity index is 1.69. The van der Waals surface area contributed by atoms with Crippen molar-refractivity contribution >= 4 is 11.6 Å². The fourth-order valence-electron chi connectivity index (χ4n) is 1.99. The molecule has 1 heterocycles. The molecule has 1 fully saturated rings. The van der Waals surface area contributed by atoms with Crippen LogP contribution in [0.3, 0.4) is 0 Å². The Kier molecular flexibility index (Phi) is 2.97. The van der Waals surface area contributed by atoms with Crippen molar-refractivity contribution in [1.29, 1.82) is 0 Å². The van der Waals surface area contributed by atoms with Crippen LogP contribution < -0.4 is 11.1 Å². The molecule has 1 aliphatic rings. The number of amides is 1. The maximum atomic E-state index is 12.0. The predicted octanol–water partition coefficient (Wildman–Crippen LogP) is 1.98. The second kappa shape index (κ2) is 4.67. The molecule has 3 rings (SSSR count). The van der Waals surface area contributed by atoms with Gasteiger partial charge in [-0.1, -0.05) is 6.92 Å². The number of anilines is 1. The van der Waals surface area contributed by atoms with Crippen LogP contribution in [0.15, 0.2) is 36.5 Å². The fraction of sp³-hybridized carbons (Fsp3) is 0.333. The summed E-state index contributed by atoms with van der Waals surface area (Å²) < 4.78 is 1.67. The lowest BCUT2D eigenvalue weighted by atomic mass is 10.1. The smallest absolute Gasteiger partial charge is 0.271 e. The molecule has 1 aromatic carbocycles. The molecule has 2 aromatic rings. The zero-order valence-electron chi connectivity index (χ0n) is 11.5. The molecule has 5 nitrogen and oxygen atoms in total. The standard InChI is InChI=1S/C15H18N4O/c1-15(7-8-15)10-17-14(20)13-6-9-19(18-13)12-4-2-11(16)3-5-12/h2-6,9H,7-8,10,16H2,1H3,(H,17,20). The number of benzene rings is 1. The van der Waals surface area contributed by atoms with Crippen LogP contribution in [0.4, 0.5) is 5.69 Å². The average Bonchev–Trinajstić information content (AvgIpc) is 2.99. The van der Waals surface area contributed by atoms with E-state index < -0.39 is 0 Å². The summed E-state index contributed by atoms with van der Waals surface area (Å²) in [4.78, 5) is 12.0. The average molecular weight is 270 g/mol. The third-order valence-electron chi connectivity index (χ3n) is 3.76. The minimum atomic E-state index is -0.118. The van der Waals surface area contributed by atoms with Gasteiger partial charge in [-0.15, -0.1) is 0 Å². The number of nitrogens with two attached hydrogens (primary N) is 1. The van der Waals surface area contributed by atoms with E-state index in [4.69, 9.17) is 5.73 Å². The Morgan fingerprint density at radius 2 is 2.05 bits per heavy atom. The lowest BCUT2D eigenvalue weighted by Gasteiger charge is -2.08. The topological polar surface area (TPSA) is 72.9 Å². The Labute approximate surface area is 117 Å². The molecule has 5 heteroatoms. The van der Waals surface area contributed by atoms with Gasteiger partial charge in [0.1, 0.15) is 0 Å². The van der Waals surface area contributed by atoms with Crippen LogP contribution in [-0.4, -0.2) is 22.2 Å². The van der Waals surface area contributed by atoms with Crippen molar-refractivity contribution in [3.05, 3.63) is 42.2 Å². The molecular formula is C15H18N4O. The number of aromatic nitrogens is 2. The molecule has 1 aliphatic carbocycles. The van der Waals surface area contributed by atoms with Gasteiger partial charge in [0.15, 0.2) is 5.69 Å². The highest BCUT2D eigenvalue weighted by Gasteiger charge is 2.37. The number of hydrogen-bond acceptors (Lipinski definition) is 3. The Morgan fingerprint density at radius 1 is 1.35 bits per heavy atom. The van der Waals surface area contributed by atoms with Gasteiger partial charge in [-0.2, -0.15) is 5.10 Å². The van der Waals surface area contributed by atoms with Gasteiger partial charge in [-0.05, 0) is 48.6 Å². The van der Waals surface area contributed by atoms with Crippen molar-refractivity contribution in [1.82, 2.24) is 15.1 Å². The second-order valence-corrected chi connectivity index (χ2v) is 5.73. The summed E-state index contributed by atoms with van der Waals surface area (Å²) in [6.07, 6.45) is 4.15. The molecule has 1 saturated carbocycles. The molecule has 1 amide bonds. The number of nitrogens with zero attached hydrogens (tertiary/aromatic N) is 2. The van der Waals surface area contributed by atoms with Crippen LogP contribution in [0.5, 0.6) is 0 Å². The first-order valence-electron chi connectivity index (χ1n) is 6.76. The minimum absolute atomic E-state index is 0.118. The summed E-state index contributed by atoms with van der Waals surface area (Å²) in [5, 5.41) is 7.24. The van der Waals surface area contributed by atoms with E-state index in [0.29, 0.717) is 16.8 Å². The maximum absolute atomic E-state index is 12.0. The minimum Gasteiger partial charge on any atom is -0.399 e. The van der Waals surface area contributed by atoms with Crippen LogP contribution in [0, 0.1) is 5.41 Å². The first-order valence-corrected chi connectivity index (χ1v) is 6.76. The fourth-order valence-corrected chi connectivity index (χ4v) is 1.99. The Morgan fingerprint density at radius 3 is 2.70 bits per heavy atom. The van der Waals surface area contributed by atoms with E-state index in [-0.39, 0.29) is 5.91 Å². The van der Waals surface area contributed by atoms with Crippen molar-refractivity contribution in [2.45, 2.75) is 19.8 Å². The zero-order chi connectivity index (χ0) is 14.2. The Hall–Kier alpha value is -2.30. The largest absolute Gasteiger partial charge is 0.399 e. The van der Waals surface area contributed by atoms with E-state index in [1.54, 1.807) is 16.9 Å². The van der Waals surface area contributed by atoms with Gasteiger partial charge in [0.05, 0.1) is 5.69 Å². The molecule has 0 bridgehead atoms. The molecule has 3 N–H and O–H groups in total. The third kappa shape index (κ3) is 2.66. The van der Waals surface area contributed by atoms with E-state index in [2.05, 4.69) is 17.3 Å². The summed E-state index contributed by atoms with van der Waals surface area (Å²) >= 11 is 0. The summed E-state index contributed by atoms with van der Waals surface area (Å²) in [6.45, 7) is 2.90. The second-order valence-electron chi connectivity index (χ2n) is 5.73. The van der Waals surface area contributed by atoms with Gasteiger partial charge >= 0.3 is 0 Å². The van der Waals surface area contributed by atoms with Crippen molar-refractivity contribution in [2.75, 3.05) is 12.3 Å². The highest BCUT2D eigenvalue weighted by atomic mass is 16.1. The Bertz CT molecular complexity index is 626. The number of rotatable bonds is 4. The highest BCUT2D eigenvalue weighted by Crippen LogP contribution is 2.44. The number of carbonyl (C=O) groups excluding carboxylic acids is 1. The van der Waals surface area contributed by atoms with E-state index >= 15 is 0 Å². The number of nitrogens with one attached hydrogen (secondary N) is 1. The van der Waals surface area contributed by atoms with Crippen LogP contribution in [0.2, 0.25) is 0 Å². The van der Waals surface area contributed by atoms with Gasteiger partial charge in [0.2, 0.25) is 0 Å². The molecule has 0 atom stereocenters. The summed E-state index contributed by atoms with van der Waals surface area (Å²) in [6, 6.07) is 9.08. The summed E-state index contributed by atoms with van der Waals surface area (Å²) in [7, 11) is 0. The van der Waals surface area contributed by atoms with Gasteiger partial charge in [-0.3, -0.25) is 4.79 Å². The highest BCUT2D eigenvalue weighted by molar-refractivity contribution is 5.92.